The summed E-state index contributed by atoms with van der Waals surface area (Å²) in [5.74, 6) is -0.543. The molecule has 0 bridgehead atoms. The minimum atomic E-state index is -0.543. The topological polar surface area (TPSA) is 98.5 Å². The molecular weight excluding hydrogens is 338 g/mol. The van der Waals surface area contributed by atoms with Gasteiger partial charge < -0.3 is 4.74 Å². The van der Waals surface area contributed by atoms with Gasteiger partial charge in [-0.15, -0.1) is 21.5 Å². The van der Waals surface area contributed by atoms with E-state index in [4.69, 9.17) is 4.74 Å². The first-order valence-electron chi connectivity index (χ1n) is 6.93. The van der Waals surface area contributed by atoms with Gasteiger partial charge in [0, 0.05) is 24.4 Å². The zero-order valence-corrected chi connectivity index (χ0v) is 13.4. The van der Waals surface area contributed by atoms with Crippen molar-refractivity contribution in [3.63, 3.8) is 0 Å². The Labute approximate surface area is 137 Å². The highest BCUT2D eigenvalue weighted by atomic mass is 32.1. The van der Waals surface area contributed by atoms with E-state index < -0.39 is 11.5 Å². The number of nitrogens with zero attached hydrogens (tertiary/aromatic N) is 4. The molecule has 3 aromatic heterocycles. The molecule has 0 radical (unpaired) electrons. The normalized spacial score (nSPS) is 17.7. The summed E-state index contributed by atoms with van der Waals surface area (Å²) in [6.07, 6.45) is 4.73. The zero-order valence-electron chi connectivity index (χ0n) is 11.8. The zero-order chi connectivity index (χ0) is 15.8. The van der Waals surface area contributed by atoms with Crippen LogP contribution in [-0.4, -0.2) is 32.1 Å². The quantitative estimate of drug-likeness (QED) is 0.773. The molecule has 118 valence electrons. The number of carbonyl (C=O) groups is 1. The molecule has 1 N–H and O–H groups in total. The molecule has 1 atom stereocenters. The number of amides is 1. The summed E-state index contributed by atoms with van der Waals surface area (Å²) in [4.78, 5) is 29.2. The molecule has 0 aliphatic carbocycles. The molecule has 4 rings (SSSR count). The summed E-state index contributed by atoms with van der Waals surface area (Å²) >= 11 is 2.59. The van der Waals surface area contributed by atoms with Crippen LogP contribution < -0.4 is 10.9 Å². The third-order valence-corrected chi connectivity index (χ3v) is 5.16. The first kappa shape index (κ1) is 14.4. The van der Waals surface area contributed by atoms with E-state index in [1.165, 1.54) is 33.3 Å². The van der Waals surface area contributed by atoms with Gasteiger partial charge in [0.15, 0.2) is 4.96 Å². The van der Waals surface area contributed by atoms with Crippen molar-refractivity contribution in [2.75, 3.05) is 11.9 Å². The molecule has 3 aromatic rings. The van der Waals surface area contributed by atoms with Crippen LogP contribution in [0.3, 0.4) is 0 Å². The molecule has 1 fully saturated rings. The van der Waals surface area contributed by atoms with Crippen molar-refractivity contribution < 1.29 is 9.53 Å². The second kappa shape index (κ2) is 5.80. The number of nitrogens with one attached hydrogen (secondary N) is 1. The van der Waals surface area contributed by atoms with Gasteiger partial charge in [-0.25, -0.2) is 4.98 Å². The standard InChI is InChI=1S/C13H11N5O3S2/c19-9(7-6-14-13-18(11(7)20)3-5-22-13)15-12-17-16-10(23-12)8-2-1-4-21-8/h3,5-6,8H,1-2,4H2,(H,15,17,19). The van der Waals surface area contributed by atoms with Gasteiger partial charge in [0.2, 0.25) is 5.13 Å². The van der Waals surface area contributed by atoms with Crippen LogP contribution in [-0.2, 0) is 4.74 Å². The lowest BCUT2D eigenvalue weighted by atomic mass is 10.2. The van der Waals surface area contributed by atoms with E-state index in [1.807, 2.05) is 0 Å². The highest BCUT2D eigenvalue weighted by Gasteiger charge is 2.23. The first-order valence-corrected chi connectivity index (χ1v) is 8.63. The molecule has 0 saturated carbocycles. The number of rotatable bonds is 3. The van der Waals surface area contributed by atoms with Gasteiger partial charge in [-0.3, -0.25) is 19.3 Å². The Balaban J connectivity index is 1.57. The van der Waals surface area contributed by atoms with E-state index in [0.29, 0.717) is 10.1 Å². The molecule has 10 heteroatoms. The summed E-state index contributed by atoms with van der Waals surface area (Å²) in [6, 6.07) is 0. The molecule has 1 amide bonds. The van der Waals surface area contributed by atoms with E-state index in [0.717, 1.165) is 24.5 Å². The van der Waals surface area contributed by atoms with Crippen molar-refractivity contribution in [3.8, 4) is 0 Å². The molecular formula is C13H11N5O3S2. The number of thiazole rings is 1. The van der Waals surface area contributed by atoms with E-state index in [1.54, 1.807) is 11.6 Å². The summed E-state index contributed by atoms with van der Waals surface area (Å²) in [6.45, 7) is 0.717. The Kier molecular flexibility index (Phi) is 3.63. The van der Waals surface area contributed by atoms with Crippen molar-refractivity contribution in [1.29, 1.82) is 0 Å². The number of fused-ring (bicyclic) bond motifs is 1. The van der Waals surface area contributed by atoms with Crippen LogP contribution in [0.15, 0.2) is 22.6 Å². The highest BCUT2D eigenvalue weighted by molar-refractivity contribution is 7.15. The van der Waals surface area contributed by atoms with Gasteiger partial charge in [-0.2, -0.15) is 0 Å². The summed E-state index contributed by atoms with van der Waals surface area (Å²) in [7, 11) is 0. The molecule has 1 aliphatic heterocycles. The first-order chi connectivity index (χ1) is 11.2. The van der Waals surface area contributed by atoms with Gasteiger partial charge in [0.05, 0.1) is 0 Å². The van der Waals surface area contributed by atoms with Crippen molar-refractivity contribution in [2.45, 2.75) is 18.9 Å². The maximum atomic E-state index is 12.3. The van der Waals surface area contributed by atoms with Crippen LogP contribution in [0.2, 0.25) is 0 Å². The lowest BCUT2D eigenvalue weighted by Gasteiger charge is -2.02. The molecule has 0 aromatic carbocycles. The van der Waals surface area contributed by atoms with Crippen molar-refractivity contribution in [3.05, 3.63) is 38.7 Å². The predicted molar refractivity (Wildman–Crippen MR) is 85.1 cm³/mol. The van der Waals surface area contributed by atoms with Crippen molar-refractivity contribution in [1.82, 2.24) is 19.6 Å². The minimum Gasteiger partial charge on any atom is -0.371 e. The lowest BCUT2D eigenvalue weighted by molar-refractivity contribution is 0.102. The number of carbonyl (C=O) groups excluding carboxylic acids is 1. The third kappa shape index (κ3) is 2.64. The Morgan fingerprint density at radius 1 is 1.43 bits per heavy atom. The number of hydrogen-bond acceptors (Lipinski definition) is 8. The van der Waals surface area contributed by atoms with E-state index in [9.17, 15) is 9.59 Å². The maximum absolute atomic E-state index is 12.3. The number of ether oxygens (including phenoxy) is 1. The summed E-state index contributed by atoms with van der Waals surface area (Å²) in [5, 5.41) is 13.4. The van der Waals surface area contributed by atoms with Crippen LogP contribution in [0.4, 0.5) is 5.13 Å². The largest absolute Gasteiger partial charge is 0.371 e. The van der Waals surface area contributed by atoms with Crippen molar-refractivity contribution in [2.24, 2.45) is 0 Å². The van der Waals surface area contributed by atoms with Gasteiger partial charge in [-0.1, -0.05) is 11.3 Å². The molecule has 1 aliphatic rings. The second-order valence-electron chi connectivity index (χ2n) is 4.93. The number of aromatic nitrogens is 4. The Morgan fingerprint density at radius 3 is 3.17 bits per heavy atom. The SMILES string of the molecule is O=C(Nc1nnc(C2CCCO2)s1)c1cnc2sccn2c1=O. The van der Waals surface area contributed by atoms with E-state index >= 15 is 0 Å². The average molecular weight is 349 g/mol. The van der Waals surface area contributed by atoms with Gasteiger partial charge in [-0.05, 0) is 12.8 Å². The number of anilines is 1. The van der Waals surface area contributed by atoms with Crippen LogP contribution in [0.25, 0.3) is 4.96 Å². The smallest absolute Gasteiger partial charge is 0.271 e. The third-order valence-electron chi connectivity index (χ3n) is 3.45. The van der Waals surface area contributed by atoms with E-state index in [-0.39, 0.29) is 11.7 Å². The van der Waals surface area contributed by atoms with Gasteiger partial charge >= 0.3 is 0 Å². The Bertz CT molecular complexity index is 925. The highest BCUT2D eigenvalue weighted by Crippen LogP contribution is 2.31. The molecule has 23 heavy (non-hydrogen) atoms. The fraction of sp³-hybridized carbons (Fsp3) is 0.308. The fourth-order valence-electron chi connectivity index (χ4n) is 2.33. The summed E-state index contributed by atoms with van der Waals surface area (Å²) in [5.41, 5.74) is -0.438. The molecule has 0 spiro atoms. The number of hydrogen-bond donors (Lipinski definition) is 1. The monoisotopic (exact) mass is 349 g/mol. The van der Waals surface area contributed by atoms with Crippen molar-refractivity contribution >= 4 is 38.7 Å². The molecule has 4 heterocycles. The fourth-order valence-corrected chi connectivity index (χ4v) is 3.83. The van der Waals surface area contributed by atoms with Gasteiger partial charge in [0.25, 0.3) is 11.5 Å². The Hall–Kier alpha value is -2.17. The van der Waals surface area contributed by atoms with Crippen LogP contribution in [0.5, 0.6) is 0 Å². The molecule has 1 unspecified atom stereocenters. The molecule has 1 saturated heterocycles. The van der Waals surface area contributed by atoms with Crippen LogP contribution >= 0.6 is 22.7 Å². The van der Waals surface area contributed by atoms with Crippen LogP contribution in [0, 0.1) is 0 Å². The lowest BCUT2D eigenvalue weighted by Crippen LogP contribution is -2.25. The minimum absolute atomic E-state index is 0.0326. The van der Waals surface area contributed by atoms with E-state index in [2.05, 4.69) is 20.5 Å². The molecule has 8 nitrogen and oxygen atoms in total. The predicted octanol–water partition coefficient (Wildman–Crippen LogP) is 1.71. The van der Waals surface area contributed by atoms with Crippen LogP contribution in [0.1, 0.15) is 34.3 Å². The maximum Gasteiger partial charge on any atom is 0.271 e. The van der Waals surface area contributed by atoms with Gasteiger partial charge in [0.1, 0.15) is 16.7 Å². The average Bonchev–Trinajstić information content (AvgIpc) is 3.28. The Morgan fingerprint density at radius 2 is 2.35 bits per heavy atom. The summed E-state index contributed by atoms with van der Waals surface area (Å²) < 4.78 is 6.88. The second-order valence-corrected chi connectivity index (χ2v) is 6.82.